The number of alkyl halides is 3. The molecule has 0 fully saturated rings. The molecule has 0 saturated heterocycles. The van der Waals surface area contributed by atoms with E-state index in [0.29, 0.717) is 0 Å². The molecule has 0 aliphatic rings. The predicted molar refractivity (Wildman–Crippen MR) is 27.0 cm³/mol. The molecule has 0 aromatic rings. The molecule has 5 heteroatoms. The fourth-order valence-corrected chi connectivity index (χ4v) is 0.232. The lowest BCUT2D eigenvalue weighted by Gasteiger charge is -2.03. The van der Waals surface area contributed by atoms with Crippen LogP contribution in [0.3, 0.4) is 0 Å². The van der Waals surface area contributed by atoms with Crippen LogP contribution in [-0.4, -0.2) is 11.3 Å². The van der Waals surface area contributed by atoms with Crippen molar-refractivity contribution in [2.45, 2.75) is 6.18 Å². The smallest absolute Gasteiger partial charge is 0.451 e. The van der Waals surface area contributed by atoms with E-state index in [2.05, 4.69) is 6.58 Å². The van der Waals surface area contributed by atoms with Crippen molar-refractivity contribution in [3.8, 4) is 0 Å². The molecule has 0 bridgehead atoms. The topological polar surface area (TPSA) is 20.2 Å². The van der Waals surface area contributed by atoms with Gasteiger partial charge in [-0.05, 0) is 6.08 Å². The Morgan fingerprint density at radius 1 is 1.40 bits per heavy atom. The maximum Gasteiger partial charge on any atom is 0.451 e. The van der Waals surface area contributed by atoms with Crippen molar-refractivity contribution in [1.29, 1.82) is 0 Å². The Labute approximate surface area is 54.3 Å². The third-order valence-electron chi connectivity index (χ3n) is 0.674. The quantitative estimate of drug-likeness (QED) is 0.351. The fourth-order valence-electron chi connectivity index (χ4n) is 0.232. The normalized spacial score (nSPS) is 14.4. The molecule has 58 valence electrons. The highest BCUT2D eigenvalue weighted by atomic mass is 19.4. The minimum absolute atomic E-state index is 0.281. The molecule has 0 unspecified atom stereocenters. The van der Waals surface area contributed by atoms with E-state index in [9.17, 15) is 17.6 Å². The highest BCUT2D eigenvalue weighted by Gasteiger charge is 2.36. The van der Waals surface area contributed by atoms with E-state index >= 15 is 0 Å². The highest BCUT2D eigenvalue weighted by molar-refractivity contribution is 5.15. The highest BCUT2D eigenvalue weighted by Crippen LogP contribution is 2.26. The summed E-state index contributed by atoms with van der Waals surface area (Å²) in [5.41, 5.74) is 0. The van der Waals surface area contributed by atoms with Gasteiger partial charge in [-0.1, -0.05) is 6.58 Å². The predicted octanol–water partition coefficient (Wildman–Crippen LogP) is 2.47. The van der Waals surface area contributed by atoms with Crippen molar-refractivity contribution in [2.75, 3.05) is 0 Å². The summed E-state index contributed by atoms with van der Waals surface area (Å²) in [5.74, 6) is -4.02. The standard InChI is InChI=1S/C5H4F4O/c1-2-3(6)4(10)5(7,8)9/h2,10H,1H2/b4-3-. The molecule has 0 aromatic heterocycles. The maximum absolute atomic E-state index is 11.8. The second kappa shape index (κ2) is 2.72. The van der Waals surface area contributed by atoms with Gasteiger partial charge in [-0.3, -0.25) is 0 Å². The maximum atomic E-state index is 11.8. The van der Waals surface area contributed by atoms with E-state index in [-0.39, 0.29) is 6.08 Å². The average Bonchev–Trinajstić information content (AvgIpc) is 1.83. The van der Waals surface area contributed by atoms with Crippen molar-refractivity contribution >= 4 is 0 Å². The minimum atomic E-state index is -5.03. The number of allylic oxidation sites excluding steroid dienone is 3. The van der Waals surface area contributed by atoms with Crippen LogP contribution in [0.2, 0.25) is 0 Å². The van der Waals surface area contributed by atoms with Crippen LogP contribution in [0, 0.1) is 0 Å². The van der Waals surface area contributed by atoms with E-state index < -0.39 is 17.8 Å². The second-order valence-electron chi connectivity index (χ2n) is 1.40. The number of aliphatic hydroxyl groups excluding tert-OH is 1. The molecule has 0 radical (unpaired) electrons. The van der Waals surface area contributed by atoms with Crippen LogP contribution in [-0.2, 0) is 0 Å². The summed E-state index contributed by atoms with van der Waals surface area (Å²) < 4.78 is 45.7. The molecular weight excluding hydrogens is 152 g/mol. The SMILES string of the molecule is C=C/C(F)=C(/O)C(F)(F)F. The Bertz CT molecular complexity index is 167. The average molecular weight is 156 g/mol. The van der Waals surface area contributed by atoms with Gasteiger partial charge in [-0.2, -0.15) is 13.2 Å². The van der Waals surface area contributed by atoms with E-state index in [0.717, 1.165) is 0 Å². The van der Waals surface area contributed by atoms with Crippen molar-refractivity contribution in [3.63, 3.8) is 0 Å². The Hall–Kier alpha value is -1.00. The van der Waals surface area contributed by atoms with Gasteiger partial charge in [-0.25, -0.2) is 4.39 Å². The summed E-state index contributed by atoms with van der Waals surface area (Å²) in [4.78, 5) is 0. The molecule has 0 rings (SSSR count). The molecule has 10 heavy (non-hydrogen) atoms. The summed E-state index contributed by atoms with van der Waals surface area (Å²) >= 11 is 0. The zero-order valence-corrected chi connectivity index (χ0v) is 4.74. The number of hydrogen-bond donors (Lipinski definition) is 1. The van der Waals surface area contributed by atoms with Crippen LogP contribution in [0.4, 0.5) is 17.6 Å². The molecule has 0 spiro atoms. The van der Waals surface area contributed by atoms with Crippen LogP contribution in [0.25, 0.3) is 0 Å². The van der Waals surface area contributed by atoms with E-state index in [1.165, 1.54) is 0 Å². The van der Waals surface area contributed by atoms with Gasteiger partial charge in [-0.15, -0.1) is 0 Å². The first-order valence-corrected chi connectivity index (χ1v) is 2.18. The largest absolute Gasteiger partial charge is 0.502 e. The lowest BCUT2D eigenvalue weighted by atomic mass is 10.4. The van der Waals surface area contributed by atoms with Gasteiger partial charge in [0.1, 0.15) is 0 Å². The molecule has 0 heterocycles. The lowest BCUT2D eigenvalue weighted by molar-refractivity contribution is -0.122. The molecule has 0 amide bonds. The van der Waals surface area contributed by atoms with Crippen LogP contribution in [0.15, 0.2) is 24.2 Å². The van der Waals surface area contributed by atoms with Crippen LogP contribution >= 0.6 is 0 Å². The van der Waals surface area contributed by atoms with Crippen LogP contribution < -0.4 is 0 Å². The molecule has 1 N–H and O–H groups in total. The van der Waals surface area contributed by atoms with Gasteiger partial charge in [0.2, 0.25) is 5.76 Å². The molecule has 0 saturated carbocycles. The second-order valence-corrected chi connectivity index (χ2v) is 1.40. The van der Waals surface area contributed by atoms with Crippen LogP contribution in [0.1, 0.15) is 0 Å². The lowest BCUT2D eigenvalue weighted by Crippen LogP contribution is -2.12. The minimum Gasteiger partial charge on any atom is -0.502 e. The monoisotopic (exact) mass is 156 g/mol. The zero-order valence-electron chi connectivity index (χ0n) is 4.74. The Balaban J connectivity index is 4.63. The third-order valence-corrected chi connectivity index (χ3v) is 0.674. The summed E-state index contributed by atoms with van der Waals surface area (Å²) in [7, 11) is 0. The summed E-state index contributed by atoms with van der Waals surface area (Å²) in [6.45, 7) is 2.70. The Morgan fingerprint density at radius 3 is 1.90 bits per heavy atom. The molecule has 0 aliphatic heterocycles. The first-order chi connectivity index (χ1) is 4.39. The summed E-state index contributed by atoms with van der Waals surface area (Å²) in [6.07, 6.45) is -4.75. The summed E-state index contributed by atoms with van der Waals surface area (Å²) in [6, 6.07) is 0. The fraction of sp³-hybridized carbons (Fsp3) is 0.200. The van der Waals surface area contributed by atoms with E-state index in [1.54, 1.807) is 0 Å². The number of aliphatic hydroxyl groups is 1. The summed E-state index contributed by atoms with van der Waals surface area (Å²) in [5, 5.41) is 7.96. The van der Waals surface area contributed by atoms with Gasteiger partial charge in [0.25, 0.3) is 0 Å². The Morgan fingerprint density at radius 2 is 1.80 bits per heavy atom. The Kier molecular flexibility index (Phi) is 2.45. The van der Waals surface area contributed by atoms with Crippen molar-refractivity contribution in [2.24, 2.45) is 0 Å². The van der Waals surface area contributed by atoms with E-state index in [1.807, 2.05) is 0 Å². The number of halogens is 4. The van der Waals surface area contributed by atoms with Gasteiger partial charge >= 0.3 is 6.18 Å². The van der Waals surface area contributed by atoms with Crippen molar-refractivity contribution < 1.29 is 22.7 Å². The zero-order chi connectivity index (χ0) is 8.36. The van der Waals surface area contributed by atoms with Gasteiger partial charge in [0.05, 0.1) is 0 Å². The molecule has 0 aliphatic carbocycles. The molecule has 1 nitrogen and oxygen atoms in total. The van der Waals surface area contributed by atoms with Gasteiger partial charge in [0, 0.05) is 0 Å². The number of hydrogen-bond acceptors (Lipinski definition) is 1. The number of rotatable bonds is 1. The first kappa shape index (κ1) is 9.00. The van der Waals surface area contributed by atoms with Gasteiger partial charge in [0.15, 0.2) is 5.83 Å². The third kappa shape index (κ3) is 2.08. The van der Waals surface area contributed by atoms with Crippen molar-refractivity contribution in [3.05, 3.63) is 24.2 Å². The molecule has 0 aromatic carbocycles. The van der Waals surface area contributed by atoms with Crippen molar-refractivity contribution in [1.82, 2.24) is 0 Å². The van der Waals surface area contributed by atoms with E-state index in [4.69, 9.17) is 5.11 Å². The molecular formula is C5H4F4O. The molecule has 0 atom stereocenters. The first-order valence-electron chi connectivity index (χ1n) is 2.18. The van der Waals surface area contributed by atoms with Crippen LogP contribution in [0.5, 0.6) is 0 Å². The van der Waals surface area contributed by atoms with Gasteiger partial charge < -0.3 is 5.11 Å².